The van der Waals surface area contributed by atoms with Crippen LogP contribution in [0.15, 0.2) is 143 Å². The van der Waals surface area contributed by atoms with Crippen molar-refractivity contribution in [3.63, 3.8) is 0 Å². The van der Waals surface area contributed by atoms with E-state index in [2.05, 4.69) is 51.0 Å². The minimum Gasteiger partial charge on any atom is -0.494 e. The number of carbonyl (C=O) groups is 1. The number of amides is 1. The van der Waals surface area contributed by atoms with E-state index in [4.69, 9.17) is 19.6 Å². The normalized spacial score (nSPS) is 18.1. The number of ether oxygens (including phenoxy) is 2. The van der Waals surface area contributed by atoms with Crippen LogP contribution in [-0.2, 0) is 9.53 Å². The average molecular weight is 715 g/mol. The lowest BCUT2D eigenvalue weighted by Crippen LogP contribution is -2.53. The largest absolute Gasteiger partial charge is 0.494 e. The third-order valence-electron chi connectivity index (χ3n) is 8.91. The first-order chi connectivity index (χ1) is 24.1. The number of aliphatic imine (C=N–C) groups is 1. The zero-order valence-electron chi connectivity index (χ0n) is 26.8. The fraction of sp³-hybridized carbons (Fsp3) is 0.171. The molecular weight excluding hydrogens is 678 g/mol. The number of benzene rings is 5. The van der Waals surface area contributed by atoms with Gasteiger partial charge in [0.15, 0.2) is 11.6 Å². The van der Waals surface area contributed by atoms with Gasteiger partial charge in [0.25, 0.3) is 5.91 Å². The summed E-state index contributed by atoms with van der Waals surface area (Å²) in [7, 11) is 0. The highest BCUT2D eigenvalue weighted by atomic mass is 79.9. The van der Waals surface area contributed by atoms with Gasteiger partial charge < -0.3 is 14.6 Å². The number of rotatable bonds is 12. The van der Waals surface area contributed by atoms with E-state index in [1.165, 1.54) is 0 Å². The van der Waals surface area contributed by atoms with Crippen LogP contribution in [-0.4, -0.2) is 35.7 Å². The number of carbonyl (C=O) groups excluding carboxylic acids is 1. The Hall–Kier alpha value is -5.02. The van der Waals surface area contributed by atoms with Crippen LogP contribution in [0.3, 0.4) is 0 Å². The van der Waals surface area contributed by atoms with Crippen molar-refractivity contribution in [2.45, 2.75) is 30.5 Å². The van der Waals surface area contributed by atoms with Gasteiger partial charge in [0.2, 0.25) is 5.90 Å². The highest BCUT2D eigenvalue weighted by Crippen LogP contribution is 2.45. The standard InChI is InChI=1S/C41H36BrN3O4/c42-31-21-17-29(18-22-31)38-41(25-8-12-28-10-2-1-3-11-28,43-39(49-38)30-19-23-32(24-20-30)48-27-9-26-46)40(47)45-44-37-35-15-6-4-13-33(35)34-14-5-7-16-36(34)37/h1-8,10-24,37-38,44,46H,9,25-27H2,(H,45,47)/b12-8+/t38-,41-/m0/s1. The molecule has 0 radical (unpaired) electrons. The minimum absolute atomic E-state index is 0.0671. The Morgan fingerprint density at radius 3 is 2.18 bits per heavy atom. The maximum atomic E-state index is 14.8. The van der Waals surface area contributed by atoms with Gasteiger partial charge in [-0.15, -0.1) is 0 Å². The molecule has 0 bridgehead atoms. The summed E-state index contributed by atoms with van der Waals surface area (Å²) in [6.07, 6.45) is 4.11. The Kier molecular flexibility index (Phi) is 9.70. The quantitative estimate of drug-likeness (QED) is 0.0902. The van der Waals surface area contributed by atoms with Crippen LogP contribution in [0.4, 0.5) is 0 Å². The van der Waals surface area contributed by atoms with Crippen LogP contribution in [0.2, 0.25) is 0 Å². The Balaban J connectivity index is 1.25. The van der Waals surface area contributed by atoms with E-state index in [-0.39, 0.29) is 25.0 Å². The van der Waals surface area contributed by atoms with Crippen LogP contribution >= 0.6 is 15.9 Å². The van der Waals surface area contributed by atoms with E-state index in [9.17, 15) is 4.79 Å². The molecule has 0 saturated carbocycles. The van der Waals surface area contributed by atoms with E-state index in [1.54, 1.807) is 0 Å². The lowest BCUT2D eigenvalue weighted by Gasteiger charge is -2.30. The van der Waals surface area contributed by atoms with E-state index in [0.717, 1.165) is 43.4 Å². The molecule has 0 unspecified atom stereocenters. The van der Waals surface area contributed by atoms with Crippen molar-refractivity contribution in [1.82, 2.24) is 10.9 Å². The second-order valence-corrected chi connectivity index (χ2v) is 13.0. The zero-order chi connectivity index (χ0) is 33.6. The number of halogens is 1. The molecule has 7 rings (SSSR count). The highest BCUT2D eigenvalue weighted by molar-refractivity contribution is 9.10. The van der Waals surface area contributed by atoms with E-state index >= 15 is 0 Å². The maximum absolute atomic E-state index is 14.8. The number of aliphatic hydroxyl groups is 1. The third-order valence-corrected chi connectivity index (χ3v) is 9.43. The number of hydrogen-bond acceptors (Lipinski definition) is 6. The van der Waals surface area contributed by atoms with Gasteiger partial charge in [0.1, 0.15) is 5.75 Å². The molecule has 5 aromatic rings. The van der Waals surface area contributed by atoms with Gasteiger partial charge in [-0.05, 0) is 69.8 Å². The molecule has 49 heavy (non-hydrogen) atoms. The van der Waals surface area contributed by atoms with Gasteiger partial charge >= 0.3 is 0 Å². The molecule has 5 aromatic carbocycles. The third kappa shape index (κ3) is 6.81. The summed E-state index contributed by atoms with van der Waals surface area (Å²) in [5.74, 6) is 0.741. The van der Waals surface area contributed by atoms with Gasteiger partial charge in [-0.2, -0.15) is 0 Å². The molecule has 0 saturated heterocycles. The Labute approximate surface area is 294 Å². The van der Waals surface area contributed by atoms with E-state index < -0.39 is 11.6 Å². The summed E-state index contributed by atoms with van der Waals surface area (Å²) in [6, 6.07) is 41.6. The molecule has 1 amide bonds. The van der Waals surface area contributed by atoms with Crippen molar-refractivity contribution in [1.29, 1.82) is 0 Å². The van der Waals surface area contributed by atoms with Gasteiger partial charge in [-0.3, -0.25) is 10.2 Å². The molecule has 0 fully saturated rings. The summed E-state index contributed by atoms with van der Waals surface area (Å²) >= 11 is 3.55. The first kappa shape index (κ1) is 32.5. The Morgan fingerprint density at radius 2 is 1.51 bits per heavy atom. The molecular formula is C41H36BrN3O4. The topological polar surface area (TPSA) is 92.2 Å². The molecule has 1 aliphatic carbocycles. The maximum Gasteiger partial charge on any atom is 0.266 e. The Bertz CT molecular complexity index is 1930. The summed E-state index contributed by atoms with van der Waals surface area (Å²) in [6.45, 7) is 0.483. The number of fused-ring (bicyclic) bond motifs is 3. The second kappa shape index (κ2) is 14.6. The van der Waals surface area contributed by atoms with Crippen molar-refractivity contribution >= 4 is 33.8 Å². The fourth-order valence-electron chi connectivity index (χ4n) is 6.45. The lowest BCUT2D eigenvalue weighted by atomic mass is 9.84. The molecule has 1 heterocycles. The first-order valence-corrected chi connectivity index (χ1v) is 17.2. The molecule has 246 valence electrons. The summed E-state index contributed by atoms with van der Waals surface area (Å²) in [5, 5.41) is 9.12. The fourth-order valence-corrected chi connectivity index (χ4v) is 6.71. The highest BCUT2D eigenvalue weighted by Gasteiger charge is 2.53. The van der Waals surface area contributed by atoms with Crippen molar-refractivity contribution in [3.05, 3.63) is 166 Å². The summed E-state index contributed by atoms with van der Waals surface area (Å²) in [5.41, 5.74) is 12.2. The number of aliphatic hydroxyl groups excluding tert-OH is 1. The van der Waals surface area contributed by atoms with Gasteiger partial charge in [0.05, 0.1) is 12.6 Å². The molecule has 3 N–H and O–H groups in total. The molecule has 2 atom stereocenters. The van der Waals surface area contributed by atoms with Crippen LogP contribution in [0, 0.1) is 0 Å². The van der Waals surface area contributed by atoms with Crippen molar-refractivity contribution in [2.75, 3.05) is 13.2 Å². The van der Waals surface area contributed by atoms with Crippen LogP contribution in [0.1, 0.15) is 52.8 Å². The van der Waals surface area contributed by atoms with Gasteiger partial charge in [0, 0.05) is 29.5 Å². The van der Waals surface area contributed by atoms with Crippen LogP contribution < -0.4 is 15.6 Å². The van der Waals surface area contributed by atoms with Gasteiger partial charge in [-0.25, -0.2) is 10.4 Å². The molecule has 7 nitrogen and oxygen atoms in total. The molecule has 1 aliphatic heterocycles. The monoisotopic (exact) mass is 713 g/mol. The van der Waals surface area contributed by atoms with E-state index in [1.807, 2.05) is 115 Å². The number of nitrogens with zero attached hydrogens (tertiary/aromatic N) is 1. The van der Waals surface area contributed by atoms with Crippen LogP contribution in [0.25, 0.3) is 17.2 Å². The predicted molar refractivity (Wildman–Crippen MR) is 196 cm³/mol. The molecule has 0 aromatic heterocycles. The molecule has 8 heteroatoms. The second-order valence-electron chi connectivity index (χ2n) is 12.1. The molecule has 2 aliphatic rings. The van der Waals surface area contributed by atoms with Crippen molar-refractivity contribution in [2.24, 2.45) is 4.99 Å². The van der Waals surface area contributed by atoms with E-state index in [0.29, 0.717) is 24.7 Å². The molecule has 0 spiro atoms. The van der Waals surface area contributed by atoms with Crippen molar-refractivity contribution < 1.29 is 19.4 Å². The first-order valence-electron chi connectivity index (χ1n) is 16.4. The Morgan fingerprint density at radius 1 is 0.857 bits per heavy atom. The zero-order valence-corrected chi connectivity index (χ0v) is 28.3. The smallest absolute Gasteiger partial charge is 0.266 e. The van der Waals surface area contributed by atoms with Gasteiger partial charge in [-0.1, -0.05) is 119 Å². The number of hydrogen-bond donors (Lipinski definition) is 3. The minimum atomic E-state index is -1.35. The number of hydrazine groups is 1. The average Bonchev–Trinajstić information content (AvgIpc) is 3.69. The summed E-state index contributed by atoms with van der Waals surface area (Å²) in [4.78, 5) is 19.9. The predicted octanol–water partition coefficient (Wildman–Crippen LogP) is 7.96. The summed E-state index contributed by atoms with van der Waals surface area (Å²) < 4.78 is 13.3. The number of nitrogens with one attached hydrogen (secondary N) is 2. The van der Waals surface area contributed by atoms with Crippen LogP contribution in [0.5, 0.6) is 5.75 Å². The van der Waals surface area contributed by atoms with Crippen molar-refractivity contribution in [3.8, 4) is 16.9 Å². The lowest BCUT2D eigenvalue weighted by molar-refractivity contribution is -0.130. The SMILES string of the molecule is O=C(NNC1c2ccccc2-c2ccccc21)[C@@]1(C/C=C/c2ccccc2)N=C(c2ccc(OCCCO)cc2)O[C@H]1c1ccc(Br)cc1.